The number of thiazole rings is 1. The Bertz CT molecular complexity index is 577. The lowest BCUT2D eigenvalue weighted by atomic mass is 10.2. The van der Waals surface area contributed by atoms with E-state index in [1.54, 1.807) is 18.2 Å². The molecule has 0 unspecified atom stereocenters. The molecule has 0 spiro atoms. The van der Waals surface area contributed by atoms with Gasteiger partial charge in [-0.25, -0.2) is 9.78 Å². The molecule has 0 atom stereocenters. The fourth-order valence-electron chi connectivity index (χ4n) is 1.57. The van der Waals surface area contributed by atoms with E-state index in [0.29, 0.717) is 23.9 Å². The third kappa shape index (κ3) is 1.96. The van der Waals surface area contributed by atoms with E-state index in [0.717, 1.165) is 10.2 Å². The van der Waals surface area contributed by atoms with Crippen LogP contribution in [0.15, 0.2) is 18.2 Å². The summed E-state index contributed by atoms with van der Waals surface area (Å²) >= 11 is 1.36. The highest BCUT2D eigenvalue weighted by Crippen LogP contribution is 2.25. The summed E-state index contributed by atoms with van der Waals surface area (Å²) < 4.78 is 11.1. The Kier molecular flexibility index (Phi) is 2.45. The SMILES string of the molecule is Nc1nc2ccc(C(=O)OC3COC3)cc2s1. The second-order valence-electron chi connectivity index (χ2n) is 3.80. The first-order valence-electron chi connectivity index (χ1n) is 5.17. The zero-order valence-electron chi connectivity index (χ0n) is 8.88. The van der Waals surface area contributed by atoms with Crippen LogP contribution < -0.4 is 5.73 Å². The highest BCUT2D eigenvalue weighted by Gasteiger charge is 2.23. The van der Waals surface area contributed by atoms with E-state index >= 15 is 0 Å². The Morgan fingerprint density at radius 3 is 3.06 bits per heavy atom. The molecule has 5 nitrogen and oxygen atoms in total. The van der Waals surface area contributed by atoms with Gasteiger partial charge in [0.1, 0.15) is 6.10 Å². The van der Waals surface area contributed by atoms with E-state index in [-0.39, 0.29) is 12.1 Å². The molecule has 2 heterocycles. The first-order valence-corrected chi connectivity index (χ1v) is 5.99. The lowest BCUT2D eigenvalue weighted by molar-refractivity contribution is -0.103. The largest absolute Gasteiger partial charge is 0.454 e. The van der Waals surface area contributed by atoms with Crippen molar-refractivity contribution in [2.45, 2.75) is 6.10 Å². The van der Waals surface area contributed by atoms with Crippen molar-refractivity contribution in [2.24, 2.45) is 0 Å². The maximum atomic E-state index is 11.8. The zero-order valence-corrected chi connectivity index (χ0v) is 9.70. The van der Waals surface area contributed by atoms with Gasteiger partial charge in [-0.05, 0) is 18.2 Å². The van der Waals surface area contributed by atoms with Crippen LogP contribution in [0.25, 0.3) is 10.2 Å². The molecule has 1 aliphatic heterocycles. The maximum absolute atomic E-state index is 11.8. The van der Waals surface area contributed by atoms with Gasteiger partial charge in [-0.15, -0.1) is 0 Å². The van der Waals surface area contributed by atoms with Gasteiger partial charge in [0.05, 0.1) is 29.0 Å². The van der Waals surface area contributed by atoms with Crippen LogP contribution in [0.4, 0.5) is 5.13 Å². The van der Waals surface area contributed by atoms with Crippen molar-refractivity contribution in [1.82, 2.24) is 4.98 Å². The molecule has 2 aromatic rings. The number of hydrogen-bond donors (Lipinski definition) is 1. The molecule has 1 aromatic carbocycles. The molecule has 0 bridgehead atoms. The van der Waals surface area contributed by atoms with Gasteiger partial charge in [-0.2, -0.15) is 0 Å². The number of aromatic nitrogens is 1. The summed E-state index contributed by atoms with van der Waals surface area (Å²) in [5.74, 6) is -0.327. The number of nitrogen functional groups attached to an aromatic ring is 1. The number of carbonyl (C=O) groups is 1. The summed E-state index contributed by atoms with van der Waals surface area (Å²) in [7, 11) is 0. The zero-order chi connectivity index (χ0) is 11.8. The van der Waals surface area contributed by atoms with Crippen molar-refractivity contribution in [3.05, 3.63) is 23.8 Å². The first kappa shape index (κ1) is 10.5. The van der Waals surface area contributed by atoms with Crippen LogP contribution in [-0.4, -0.2) is 30.3 Å². The van der Waals surface area contributed by atoms with E-state index in [9.17, 15) is 4.79 Å². The summed E-state index contributed by atoms with van der Waals surface area (Å²) in [6, 6.07) is 5.23. The molecule has 3 rings (SSSR count). The number of benzene rings is 1. The molecule has 6 heteroatoms. The number of hydrogen-bond acceptors (Lipinski definition) is 6. The highest BCUT2D eigenvalue weighted by atomic mass is 32.1. The van der Waals surface area contributed by atoms with Gasteiger partial charge in [-0.3, -0.25) is 0 Å². The topological polar surface area (TPSA) is 74.4 Å². The van der Waals surface area contributed by atoms with Crippen LogP contribution in [0, 0.1) is 0 Å². The Labute approximate surface area is 101 Å². The van der Waals surface area contributed by atoms with Gasteiger partial charge < -0.3 is 15.2 Å². The molecule has 0 amide bonds. The molecule has 17 heavy (non-hydrogen) atoms. The Balaban J connectivity index is 1.85. The van der Waals surface area contributed by atoms with Crippen LogP contribution in [-0.2, 0) is 9.47 Å². The summed E-state index contributed by atoms with van der Waals surface area (Å²) in [6.45, 7) is 0.975. The number of nitrogens with zero attached hydrogens (tertiary/aromatic N) is 1. The van der Waals surface area contributed by atoms with Crippen molar-refractivity contribution >= 4 is 32.7 Å². The Morgan fingerprint density at radius 1 is 1.53 bits per heavy atom. The van der Waals surface area contributed by atoms with Gasteiger partial charge >= 0.3 is 5.97 Å². The number of fused-ring (bicyclic) bond motifs is 1. The highest BCUT2D eigenvalue weighted by molar-refractivity contribution is 7.22. The predicted octanol–water partition coefficient (Wildman–Crippen LogP) is 1.43. The van der Waals surface area contributed by atoms with E-state index in [2.05, 4.69) is 4.98 Å². The van der Waals surface area contributed by atoms with E-state index in [1.165, 1.54) is 11.3 Å². The van der Waals surface area contributed by atoms with Gasteiger partial charge in [0, 0.05) is 0 Å². The van der Waals surface area contributed by atoms with E-state index in [1.807, 2.05) is 0 Å². The Morgan fingerprint density at radius 2 is 2.35 bits per heavy atom. The van der Waals surface area contributed by atoms with Gasteiger partial charge in [0.2, 0.25) is 0 Å². The molecule has 2 N–H and O–H groups in total. The lowest BCUT2D eigenvalue weighted by Crippen LogP contribution is -2.37. The van der Waals surface area contributed by atoms with E-state index in [4.69, 9.17) is 15.2 Å². The number of nitrogens with two attached hydrogens (primary N) is 1. The van der Waals surface area contributed by atoms with Crippen LogP contribution in [0.2, 0.25) is 0 Å². The minimum Gasteiger partial charge on any atom is -0.454 e. The van der Waals surface area contributed by atoms with Crippen molar-refractivity contribution in [3.8, 4) is 0 Å². The lowest BCUT2D eigenvalue weighted by Gasteiger charge is -2.25. The number of carbonyl (C=O) groups excluding carboxylic acids is 1. The second kappa shape index (κ2) is 3.97. The summed E-state index contributed by atoms with van der Waals surface area (Å²) in [6.07, 6.45) is -0.107. The standard InChI is InChI=1S/C11H10N2O3S/c12-11-13-8-2-1-6(3-9(8)17-11)10(14)16-7-4-15-5-7/h1-3,7H,4-5H2,(H2,12,13). The average molecular weight is 250 g/mol. The molecular weight excluding hydrogens is 240 g/mol. The number of rotatable bonds is 2. The van der Waals surface area contributed by atoms with Crippen molar-refractivity contribution in [3.63, 3.8) is 0 Å². The van der Waals surface area contributed by atoms with Crippen molar-refractivity contribution in [2.75, 3.05) is 18.9 Å². The first-order chi connectivity index (χ1) is 8.22. The fourth-order valence-corrected chi connectivity index (χ4v) is 2.34. The fraction of sp³-hybridized carbons (Fsp3) is 0.273. The smallest absolute Gasteiger partial charge is 0.338 e. The summed E-state index contributed by atoms with van der Waals surface area (Å²) in [4.78, 5) is 15.9. The number of esters is 1. The third-order valence-corrected chi connectivity index (χ3v) is 3.37. The minimum absolute atomic E-state index is 0.107. The molecular formula is C11H10N2O3S. The minimum atomic E-state index is -0.327. The molecule has 1 aromatic heterocycles. The van der Waals surface area contributed by atoms with Crippen molar-refractivity contribution in [1.29, 1.82) is 0 Å². The summed E-state index contributed by atoms with van der Waals surface area (Å²) in [5.41, 5.74) is 6.93. The van der Waals surface area contributed by atoms with Crippen molar-refractivity contribution < 1.29 is 14.3 Å². The molecule has 0 saturated carbocycles. The average Bonchev–Trinajstić information content (AvgIpc) is 2.62. The van der Waals surface area contributed by atoms with Crippen LogP contribution in [0.3, 0.4) is 0 Å². The van der Waals surface area contributed by atoms with Crippen LogP contribution in [0.5, 0.6) is 0 Å². The maximum Gasteiger partial charge on any atom is 0.338 e. The van der Waals surface area contributed by atoms with Gasteiger partial charge in [-0.1, -0.05) is 11.3 Å². The normalized spacial score (nSPS) is 15.8. The number of ether oxygens (including phenoxy) is 2. The molecule has 1 fully saturated rings. The monoisotopic (exact) mass is 250 g/mol. The van der Waals surface area contributed by atoms with Crippen LogP contribution >= 0.6 is 11.3 Å². The molecule has 0 radical (unpaired) electrons. The van der Waals surface area contributed by atoms with E-state index < -0.39 is 0 Å². The quantitative estimate of drug-likeness (QED) is 0.816. The second-order valence-corrected chi connectivity index (χ2v) is 4.86. The third-order valence-electron chi connectivity index (χ3n) is 2.52. The molecule has 1 aliphatic rings. The number of anilines is 1. The summed E-state index contributed by atoms with van der Waals surface area (Å²) in [5, 5.41) is 0.498. The molecule has 88 valence electrons. The molecule has 1 saturated heterocycles. The molecule has 0 aliphatic carbocycles. The Hall–Kier alpha value is -1.66. The van der Waals surface area contributed by atoms with Gasteiger partial charge in [0.15, 0.2) is 5.13 Å². The predicted molar refractivity (Wildman–Crippen MR) is 64.1 cm³/mol. The van der Waals surface area contributed by atoms with Crippen LogP contribution in [0.1, 0.15) is 10.4 Å². The van der Waals surface area contributed by atoms with Gasteiger partial charge in [0.25, 0.3) is 0 Å².